The van der Waals surface area contributed by atoms with Crippen molar-refractivity contribution in [3.8, 4) is 0 Å². The van der Waals surface area contributed by atoms with Crippen LogP contribution >= 0.6 is 0 Å². The minimum Gasteiger partial charge on any atom is -0.462 e. The molecule has 0 rings (SSSR count). The fraction of sp³-hybridized carbons (Fsp3) is 0.756. The van der Waals surface area contributed by atoms with E-state index >= 15 is 0 Å². The predicted octanol–water partition coefficient (Wildman–Crippen LogP) is 11.8. The molecule has 0 unspecified atom stereocenters. The summed E-state index contributed by atoms with van der Waals surface area (Å²) in [7, 11) is 0. The van der Waals surface area contributed by atoms with Crippen LogP contribution in [-0.2, 0) is 19.1 Å². The highest BCUT2D eigenvalue weighted by Crippen LogP contribution is 2.12. The fourth-order valence-corrected chi connectivity index (χ4v) is 5.14. The van der Waals surface area contributed by atoms with E-state index in [2.05, 4.69) is 62.5 Å². The van der Waals surface area contributed by atoms with E-state index in [0.717, 1.165) is 51.4 Å². The molecular weight excluding hydrogens is 572 g/mol. The molecule has 0 aliphatic carbocycles. The summed E-state index contributed by atoms with van der Waals surface area (Å²) >= 11 is 0. The third-order valence-electron chi connectivity index (χ3n) is 8.10. The van der Waals surface area contributed by atoms with Crippen molar-refractivity contribution < 1.29 is 24.2 Å². The Morgan fingerprint density at radius 2 is 0.870 bits per heavy atom. The van der Waals surface area contributed by atoms with Crippen molar-refractivity contribution in [3.63, 3.8) is 0 Å². The zero-order chi connectivity index (χ0) is 33.6. The Morgan fingerprint density at radius 3 is 1.41 bits per heavy atom. The molecule has 0 bridgehead atoms. The standard InChI is InChI=1S/C41H72O5/c1-3-5-7-9-11-13-15-17-19-20-22-24-26-28-30-32-34-36-41(44)46-39(37-42)38-45-40(43)35-33-31-29-27-25-23-21-18-16-14-12-10-8-6-4-2/h12,14,17-19,21,25,27,39,42H,3-11,13,15-16,20,22-24,26,28-38H2,1-2H3/t39-/m0/s1. The van der Waals surface area contributed by atoms with Gasteiger partial charge < -0.3 is 14.6 Å². The van der Waals surface area contributed by atoms with Crippen molar-refractivity contribution in [2.24, 2.45) is 0 Å². The van der Waals surface area contributed by atoms with Crippen LogP contribution in [0.15, 0.2) is 48.6 Å². The third-order valence-corrected chi connectivity index (χ3v) is 8.10. The van der Waals surface area contributed by atoms with Crippen LogP contribution in [0.25, 0.3) is 0 Å². The molecule has 0 radical (unpaired) electrons. The van der Waals surface area contributed by atoms with Gasteiger partial charge in [0.05, 0.1) is 6.61 Å². The van der Waals surface area contributed by atoms with E-state index in [1.807, 2.05) is 0 Å². The van der Waals surface area contributed by atoms with Gasteiger partial charge in [0.2, 0.25) is 0 Å². The first-order valence-corrected chi connectivity index (χ1v) is 19.2. The molecule has 0 fully saturated rings. The highest BCUT2D eigenvalue weighted by Gasteiger charge is 2.16. The Hall–Kier alpha value is -2.14. The quantitative estimate of drug-likeness (QED) is 0.0429. The molecule has 1 atom stereocenters. The zero-order valence-electron chi connectivity index (χ0n) is 30.1. The van der Waals surface area contributed by atoms with Gasteiger partial charge in [0, 0.05) is 12.8 Å². The van der Waals surface area contributed by atoms with Crippen LogP contribution in [0.4, 0.5) is 0 Å². The summed E-state index contributed by atoms with van der Waals surface area (Å²) in [6, 6.07) is 0. The summed E-state index contributed by atoms with van der Waals surface area (Å²) in [4.78, 5) is 24.2. The van der Waals surface area contributed by atoms with Crippen molar-refractivity contribution in [1.82, 2.24) is 0 Å². The lowest BCUT2D eigenvalue weighted by atomic mass is 10.1. The molecule has 0 aromatic rings. The largest absolute Gasteiger partial charge is 0.462 e. The summed E-state index contributed by atoms with van der Waals surface area (Å²) in [6.45, 7) is 4.06. The van der Waals surface area contributed by atoms with Gasteiger partial charge in [0.25, 0.3) is 0 Å². The number of esters is 2. The van der Waals surface area contributed by atoms with E-state index < -0.39 is 6.10 Å². The second-order valence-corrected chi connectivity index (χ2v) is 12.6. The fourth-order valence-electron chi connectivity index (χ4n) is 5.14. The van der Waals surface area contributed by atoms with Gasteiger partial charge in [-0.25, -0.2) is 0 Å². The number of hydrogen-bond donors (Lipinski definition) is 1. The molecule has 0 amide bonds. The summed E-state index contributed by atoms with van der Waals surface area (Å²) in [5.74, 6) is -0.642. The third kappa shape index (κ3) is 34.7. The van der Waals surface area contributed by atoms with E-state index in [1.54, 1.807) is 0 Å². The SMILES string of the molecule is CCCCCC=CCC=CCC=CCCCCC(=O)OC[C@H](CO)OC(=O)CCCCCCCCCC=CCCCCCCCC. The molecule has 0 aromatic heterocycles. The number of aliphatic hydroxyl groups is 1. The van der Waals surface area contributed by atoms with Crippen molar-refractivity contribution in [1.29, 1.82) is 0 Å². The van der Waals surface area contributed by atoms with E-state index in [0.29, 0.717) is 12.8 Å². The maximum absolute atomic E-state index is 12.2. The van der Waals surface area contributed by atoms with Gasteiger partial charge in [-0.1, -0.05) is 140 Å². The first-order valence-electron chi connectivity index (χ1n) is 19.2. The van der Waals surface area contributed by atoms with Gasteiger partial charge in [-0.05, 0) is 77.0 Å². The number of aliphatic hydroxyl groups excluding tert-OH is 1. The maximum Gasteiger partial charge on any atom is 0.306 e. The summed E-state index contributed by atoms with van der Waals surface area (Å²) < 4.78 is 10.6. The second-order valence-electron chi connectivity index (χ2n) is 12.6. The number of rotatable bonds is 34. The first kappa shape index (κ1) is 43.9. The molecule has 5 heteroatoms. The van der Waals surface area contributed by atoms with Crippen LogP contribution < -0.4 is 0 Å². The number of carbonyl (C=O) groups is 2. The highest BCUT2D eigenvalue weighted by molar-refractivity contribution is 5.70. The molecule has 5 nitrogen and oxygen atoms in total. The van der Waals surface area contributed by atoms with Crippen LogP contribution in [0.3, 0.4) is 0 Å². The Morgan fingerprint density at radius 1 is 0.500 bits per heavy atom. The molecule has 266 valence electrons. The van der Waals surface area contributed by atoms with E-state index in [4.69, 9.17) is 9.47 Å². The molecule has 0 heterocycles. The molecule has 0 aliphatic heterocycles. The average molecular weight is 645 g/mol. The minimum absolute atomic E-state index is 0.0878. The lowest BCUT2D eigenvalue weighted by Crippen LogP contribution is -2.28. The molecule has 0 saturated heterocycles. The van der Waals surface area contributed by atoms with Gasteiger partial charge in [0.1, 0.15) is 6.61 Å². The number of allylic oxidation sites excluding steroid dienone is 8. The highest BCUT2D eigenvalue weighted by atomic mass is 16.6. The lowest BCUT2D eigenvalue weighted by molar-refractivity contribution is -0.161. The first-order chi connectivity index (χ1) is 22.6. The average Bonchev–Trinajstić information content (AvgIpc) is 3.06. The summed E-state index contributed by atoms with van der Waals surface area (Å²) in [5, 5.41) is 9.54. The van der Waals surface area contributed by atoms with Crippen LogP contribution in [0.1, 0.15) is 181 Å². The Balaban J connectivity index is 3.63. The normalized spacial score (nSPS) is 12.7. The topological polar surface area (TPSA) is 72.8 Å². The van der Waals surface area contributed by atoms with Gasteiger partial charge >= 0.3 is 11.9 Å². The molecule has 1 N–H and O–H groups in total. The van der Waals surface area contributed by atoms with E-state index in [-0.39, 0.29) is 25.2 Å². The molecule has 0 aliphatic rings. The van der Waals surface area contributed by atoms with Gasteiger partial charge in [-0.3, -0.25) is 9.59 Å². The minimum atomic E-state index is -0.788. The van der Waals surface area contributed by atoms with Gasteiger partial charge in [0.15, 0.2) is 6.10 Å². The van der Waals surface area contributed by atoms with Crippen LogP contribution in [-0.4, -0.2) is 36.4 Å². The van der Waals surface area contributed by atoms with Crippen LogP contribution in [0.2, 0.25) is 0 Å². The Kier molecular flexibility index (Phi) is 35.6. The van der Waals surface area contributed by atoms with E-state index in [1.165, 1.54) is 103 Å². The molecule has 0 saturated carbocycles. The Labute approximate surface area is 284 Å². The Bertz CT molecular complexity index is 782. The van der Waals surface area contributed by atoms with Gasteiger partial charge in [-0.2, -0.15) is 0 Å². The van der Waals surface area contributed by atoms with Crippen LogP contribution in [0.5, 0.6) is 0 Å². The molecule has 0 spiro atoms. The smallest absolute Gasteiger partial charge is 0.306 e. The number of ether oxygens (including phenoxy) is 2. The monoisotopic (exact) mass is 645 g/mol. The van der Waals surface area contributed by atoms with Crippen molar-refractivity contribution in [2.45, 2.75) is 187 Å². The molecule has 46 heavy (non-hydrogen) atoms. The summed E-state index contributed by atoms with van der Waals surface area (Å²) in [6.07, 6.45) is 46.0. The van der Waals surface area contributed by atoms with Crippen molar-refractivity contribution in [2.75, 3.05) is 13.2 Å². The number of carbonyl (C=O) groups excluding carboxylic acids is 2. The zero-order valence-corrected chi connectivity index (χ0v) is 30.1. The number of hydrogen-bond acceptors (Lipinski definition) is 5. The molecule has 0 aromatic carbocycles. The predicted molar refractivity (Wildman–Crippen MR) is 196 cm³/mol. The van der Waals surface area contributed by atoms with Crippen molar-refractivity contribution in [3.05, 3.63) is 48.6 Å². The molecular formula is C41H72O5. The van der Waals surface area contributed by atoms with Gasteiger partial charge in [-0.15, -0.1) is 0 Å². The van der Waals surface area contributed by atoms with Crippen LogP contribution in [0, 0.1) is 0 Å². The second kappa shape index (κ2) is 37.3. The maximum atomic E-state index is 12.2. The van der Waals surface area contributed by atoms with E-state index in [9.17, 15) is 14.7 Å². The number of unbranched alkanes of at least 4 members (excludes halogenated alkanes) is 18. The lowest BCUT2D eigenvalue weighted by Gasteiger charge is -2.15. The summed E-state index contributed by atoms with van der Waals surface area (Å²) in [5.41, 5.74) is 0. The van der Waals surface area contributed by atoms with Crippen molar-refractivity contribution >= 4 is 11.9 Å².